The maximum atomic E-state index is 13.2. The van der Waals surface area contributed by atoms with E-state index in [9.17, 15) is 17.6 Å². The van der Waals surface area contributed by atoms with Gasteiger partial charge in [-0.3, -0.25) is 4.79 Å². The first kappa shape index (κ1) is 31.2. The van der Waals surface area contributed by atoms with Gasteiger partial charge in [0.05, 0.1) is 10.6 Å². The minimum absolute atomic E-state index is 0.00174. The van der Waals surface area contributed by atoms with Gasteiger partial charge in [0.2, 0.25) is 11.9 Å². The molecule has 0 atom stereocenters. The van der Waals surface area contributed by atoms with E-state index < -0.39 is 15.7 Å². The van der Waals surface area contributed by atoms with Crippen LogP contribution in [-0.2, 0) is 22.7 Å². The number of aromatic nitrogens is 4. The lowest BCUT2D eigenvalue weighted by Crippen LogP contribution is -2.23. The van der Waals surface area contributed by atoms with Crippen molar-refractivity contribution in [3.05, 3.63) is 95.7 Å². The molecule has 5 rings (SSSR count). The van der Waals surface area contributed by atoms with Crippen LogP contribution in [0.2, 0.25) is 0 Å². The van der Waals surface area contributed by atoms with Gasteiger partial charge in [0, 0.05) is 31.1 Å². The third kappa shape index (κ3) is 8.66. The number of nitrogens with zero attached hydrogens (tertiary/aromatic N) is 4. The van der Waals surface area contributed by atoms with Gasteiger partial charge in [-0.2, -0.15) is 15.0 Å². The molecule has 0 unspecified atom stereocenters. The second kappa shape index (κ2) is 14.5. The van der Waals surface area contributed by atoms with Crippen LogP contribution in [0.15, 0.2) is 77.8 Å². The fraction of sp³-hybridized carbons (Fsp3) is 0.364. The number of hydrogen-bond donors (Lipinski definition) is 2. The predicted molar refractivity (Wildman–Crippen MR) is 168 cm³/mol. The van der Waals surface area contributed by atoms with E-state index in [-0.39, 0.29) is 16.4 Å². The van der Waals surface area contributed by atoms with E-state index in [2.05, 4.69) is 30.6 Å². The van der Waals surface area contributed by atoms with Gasteiger partial charge < -0.3 is 10.6 Å². The first-order chi connectivity index (χ1) is 21.3. The lowest BCUT2D eigenvalue weighted by molar-refractivity contribution is 0.0993. The van der Waals surface area contributed by atoms with Gasteiger partial charge in [-0.15, -0.1) is 0 Å². The van der Waals surface area contributed by atoms with Crippen molar-refractivity contribution in [2.45, 2.75) is 56.8 Å². The Morgan fingerprint density at radius 3 is 2.34 bits per heavy atom. The van der Waals surface area contributed by atoms with Gasteiger partial charge in [-0.1, -0.05) is 50.1 Å². The van der Waals surface area contributed by atoms with E-state index >= 15 is 0 Å². The Kier molecular flexibility index (Phi) is 10.3. The SMILES string of the molecule is CCc1nc(NCC2CCC(CCS(=O)(=O)c3ccc(F)cc3)CC2)nc(Nc2cc(C(=O)Cc3ccccc3)ccn2)n1. The largest absolute Gasteiger partial charge is 0.354 e. The first-order valence-electron chi connectivity index (χ1n) is 15.0. The summed E-state index contributed by atoms with van der Waals surface area (Å²) in [4.78, 5) is 30.9. The van der Waals surface area contributed by atoms with Gasteiger partial charge in [0.25, 0.3) is 0 Å². The maximum absolute atomic E-state index is 13.2. The van der Waals surface area contributed by atoms with E-state index in [1.54, 1.807) is 18.3 Å². The molecule has 0 amide bonds. The van der Waals surface area contributed by atoms with Crippen LogP contribution in [0.5, 0.6) is 0 Å². The van der Waals surface area contributed by atoms with Crippen LogP contribution in [-0.4, -0.2) is 46.4 Å². The summed E-state index contributed by atoms with van der Waals surface area (Å²) in [5.74, 6) is 2.34. The van der Waals surface area contributed by atoms with E-state index in [1.165, 1.54) is 24.3 Å². The van der Waals surface area contributed by atoms with Crippen molar-refractivity contribution >= 4 is 33.3 Å². The summed E-state index contributed by atoms with van der Waals surface area (Å²) >= 11 is 0. The molecule has 1 fully saturated rings. The minimum atomic E-state index is -3.42. The minimum Gasteiger partial charge on any atom is -0.354 e. The highest BCUT2D eigenvalue weighted by Crippen LogP contribution is 2.32. The van der Waals surface area contributed by atoms with Gasteiger partial charge in [-0.25, -0.2) is 17.8 Å². The van der Waals surface area contributed by atoms with Crippen molar-refractivity contribution < 1.29 is 17.6 Å². The van der Waals surface area contributed by atoms with Crippen molar-refractivity contribution in [2.24, 2.45) is 11.8 Å². The van der Waals surface area contributed by atoms with Crippen molar-refractivity contribution in [3.8, 4) is 0 Å². The second-order valence-corrected chi connectivity index (χ2v) is 13.3. The molecule has 44 heavy (non-hydrogen) atoms. The Morgan fingerprint density at radius 2 is 1.61 bits per heavy atom. The number of ketones is 1. The van der Waals surface area contributed by atoms with E-state index in [1.807, 2.05) is 37.3 Å². The molecule has 0 saturated heterocycles. The zero-order chi connectivity index (χ0) is 30.9. The Balaban J connectivity index is 1.13. The average molecular weight is 617 g/mol. The standard InChI is InChI=1S/C33H37FN6O3S/c1-2-30-37-32(36-22-25-10-8-23(9-11-25)17-19-44(42,43)28-14-12-27(34)13-15-28)40-33(38-30)39-31-21-26(16-18-35-31)29(41)20-24-6-4-3-5-7-24/h3-7,12-16,18,21,23,25H,2,8-11,17,19-20,22H2,1H3,(H2,35,36,37,38,39,40). The average Bonchev–Trinajstić information content (AvgIpc) is 3.04. The molecule has 230 valence electrons. The van der Waals surface area contributed by atoms with Crippen molar-refractivity contribution in [3.63, 3.8) is 0 Å². The Morgan fingerprint density at radius 1 is 0.909 bits per heavy atom. The summed E-state index contributed by atoms with van der Waals surface area (Å²) < 4.78 is 38.5. The Labute approximate surface area is 257 Å². The molecule has 0 radical (unpaired) electrons. The molecule has 2 N–H and O–H groups in total. The van der Waals surface area contributed by atoms with Crippen LogP contribution >= 0.6 is 0 Å². The second-order valence-electron chi connectivity index (χ2n) is 11.2. The monoisotopic (exact) mass is 616 g/mol. The summed E-state index contributed by atoms with van der Waals surface area (Å²) in [6, 6.07) is 18.1. The van der Waals surface area contributed by atoms with Crippen LogP contribution in [0.1, 0.15) is 60.8 Å². The molecule has 0 aliphatic heterocycles. The quantitative estimate of drug-likeness (QED) is 0.133. The number of rotatable bonds is 13. The van der Waals surface area contributed by atoms with Crippen LogP contribution in [0, 0.1) is 17.7 Å². The molecule has 0 bridgehead atoms. The highest BCUT2D eigenvalue weighted by atomic mass is 32.2. The molecule has 9 nitrogen and oxygen atoms in total. The number of sulfone groups is 1. The topological polar surface area (TPSA) is 127 Å². The van der Waals surface area contributed by atoms with E-state index in [0.29, 0.717) is 66.7 Å². The third-order valence-corrected chi connectivity index (χ3v) is 9.77. The van der Waals surface area contributed by atoms with E-state index in [4.69, 9.17) is 0 Å². The van der Waals surface area contributed by atoms with Gasteiger partial charge in [0.15, 0.2) is 15.6 Å². The smallest absolute Gasteiger partial charge is 0.233 e. The van der Waals surface area contributed by atoms with Crippen molar-refractivity contribution in [1.82, 2.24) is 19.9 Å². The van der Waals surface area contributed by atoms with E-state index in [0.717, 1.165) is 31.2 Å². The fourth-order valence-electron chi connectivity index (χ4n) is 5.42. The summed E-state index contributed by atoms with van der Waals surface area (Å²) in [6.07, 6.45) is 7.02. The zero-order valence-electron chi connectivity index (χ0n) is 24.7. The molecule has 2 heterocycles. The molecule has 1 saturated carbocycles. The number of carbonyl (C=O) groups is 1. The van der Waals surface area contributed by atoms with Crippen LogP contribution in [0.4, 0.5) is 22.1 Å². The summed E-state index contributed by atoms with van der Waals surface area (Å²) in [5, 5.41) is 6.50. The third-order valence-electron chi connectivity index (χ3n) is 8.01. The fourth-order valence-corrected chi connectivity index (χ4v) is 6.85. The highest BCUT2D eigenvalue weighted by molar-refractivity contribution is 7.91. The molecular weight excluding hydrogens is 579 g/mol. The number of halogens is 1. The maximum Gasteiger partial charge on any atom is 0.233 e. The Bertz CT molecular complexity index is 1660. The Hall–Kier alpha value is -4.25. The summed E-state index contributed by atoms with van der Waals surface area (Å²) in [6.45, 7) is 2.68. The number of pyridine rings is 1. The van der Waals surface area contributed by atoms with Gasteiger partial charge in [-0.05, 0) is 73.1 Å². The number of nitrogens with one attached hydrogen (secondary N) is 2. The first-order valence-corrected chi connectivity index (χ1v) is 16.7. The van der Waals surface area contributed by atoms with Crippen molar-refractivity contribution in [2.75, 3.05) is 22.9 Å². The number of hydrogen-bond acceptors (Lipinski definition) is 9. The predicted octanol–water partition coefficient (Wildman–Crippen LogP) is 6.22. The molecule has 0 spiro atoms. The van der Waals surface area contributed by atoms with Crippen LogP contribution in [0.3, 0.4) is 0 Å². The molecule has 2 aromatic carbocycles. The lowest BCUT2D eigenvalue weighted by atomic mass is 9.81. The van der Waals surface area contributed by atoms with Gasteiger partial charge >= 0.3 is 0 Å². The number of anilines is 3. The number of carbonyl (C=O) groups excluding carboxylic acids is 1. The van der Waals surface area contributed by atoms with Crippen molar-refractivity contribution in [1.29, 1.82) is 0 Å². The summed E-state index contributed by atoms with van der Waals surface area (Å²) in [5.41, 5.74) is 1.51. The zero-order valence-corrected chi connectivity index (χ0v) is 25.6. The van der Waals surface area contributed by atoms with Crippen LogP contribution in [0.25, 0.3) is 0 Å². The molecule has 4 aromatic rings. The molecule has 1 aliphatic carbocycles. The highest BCUT2D eigenvalue weighted by Gasteiger charge is 2.24. The molecule has 1 aliphatic rings. The molecular formula is C33H37FN6O3S. The number of aryl methyl sites for hydroxylation is 1. The molecule has 2 aromatic heterocycles. The summed E-state index contributed by atoms with van der Waals surface area (Å²) in [7, 11) is -3.42. The molecule has 11 heteroatoms. The lowest BCUT2D eigenvalue weighted by Gasteiger charge is -2.28. The van der Waals surface area contributed by atoms with Gasteiger partial charge in [0.1, 0.15) is 17.5 Å². The normalized spacial score (nSPS) is 16.8. The number of benzene rings is 2. The number of Topliss-reactive ketones (excluding diaryl/α,β-unsaturated/α-hetero) is 1. The van der Waals surface area contributed by atoms with Crippen LogP contribution < -0.4 is 10.6 Å².